The van der Waals surface area contributed by atoms with E-state index in [2.05, 4.69) is 22.5 Å². The summed E-state index contributed by atoms with van der Waals surface area (Å²) in [5.74, 6) is 0.834. The van der Waals surface area contributed by atoms with E-state index >= 15 is 0 Å². The number of halogens is 1. The molecule has 1 aromatic carbocycles. The lowest BCUT2D eigenvalue weighted by atomic mass is 10.0. The Morgan fingerprint density at radius 2 is 2.33 bits per heavy atom. The Morgan fingerprint density at radius 3 is 2.93 bits per heavy atom. The first-order valence-electron chi connectivity index (χ1n) is 4.89. The van der Waals surface area contributed by atoms with Crippen LogP contribution in [0.2, 0.25) is 0 Å². The summed E-state index contributed by atoms with van der Waals surface area (Å²) in [5, 5.41) is 0. The SMILES string of the molecule is C=CCCC(N)c1ccc(Br)cc1OC. The molecule has 0 aliphatic carbocycles. The van der Waals surface area contributed by atoms with Crippen molar-refractivity contribution in [2.24, 2.45) is 5.73 Å². The number of hydrogen-bond acceptors (Lipinski definition) is 2. The van der Waals surface area contributed by atoms with Crippen LogP contribution in [-0.2, 0) is 0 Å². The Bertz CT molecular complexity index is 338. The van der Waals surface area contributed by atoms with Crippen LogP contribution in [-0.4, -0.2) is 7.11 Å². The van der Waals surface area contributed by atoms with Gasteiger partial charge in [-0.1, -0.05) is 28.1 Å². The van der Waals surface area contributed by atoms with Crippen LogP contribution in [0, 0.1) is 0 Å². The first-order chi connectivity index (χ1) is 7.19. The minimum atomic E-state index is 0.00560. The van der Waals surface area contributed by atoms with E-state index in [1.165, 1.54) is 0 Å². The third kappa shape index (κ3) is 3.36. The second-order valence-corrected chi connectivity index (χ2v) is 4.27. The second-order valence-electron chi connectivity index (χ2n) is 3.36. The Balaban J connectivity index is 2.86. The van der Waals surface area contributed by atoms with E-state index in [1.54, 1.807) is 7.11 Å². The van der Waals surface area contributed by atoms with Gasteiger partial charge in [-0.05, 0) is 25.0 Å². The van der Waals surface area contributed by atoms with Gasteiger partial charge >= 0.3 is 0 Å². The zero-order valence-electron chi connectivity index (χ0n) is 8.87. The van der Waals surface area contributed by atoms with E-state index in [9.17, 15) is 0 Å². The third-order valence-electron chi connectivity index (χ3n) is 2.28. The van der Waals surface area contributed by atoms with Gasteiger partial charge in [0.25, 0.3) is 0 Å². The van der Waals surface area contributed by atoms with E-state index < -0.39 is 0 Å². The van der Waals surface area contributed by atoms with E-state index in [0.717, 1.165) is 28.6 Å². The monoisotopic (exact) mass is 269 g/mol. The van der Waals surface area contributed by atoms with Crippen molar-refractivity contribution in [3.05, 3.63) is 40.9 Å². The lowest BCUT2D eigenvalue weighted by Crippen LogP contribution is -2.11. The van der Waals surface area contributed by atoms with E-state index in [-0.39, 0.29) is 6.04 Å². The average Bonchev–Trinajstić information content (AvgIpc) is 2.25. The van der Waals surface area contributed by atoms with Crippen LogP contribution in [0.5, 0.6) is 5.75 Å². The number of rotatable bonds is 5. The van der Waals surface area contributed by atoms with Gasteiger partial charge in [0.2, 0.25) is 0 Å². The van der Waals surface area contributed by atoms with Crippen LogP contribution in [0.3, 0.4) is 0 Å². The van der Waals surface area contributed by atoms with Gasteiger partial charge in [0.1, 0.15) is 5.75 Å². The highest BCUT2D eigenvalue weighted by atomic mass is 79.9. The van der Waals surface area contributed by atoms with Crippen LogP contribution in [0.1, 0.15) is 24.4 Å². The van der Waals surface area contributed by atoms with E-state index in [0.29, 0.717) is 0 Å². The van der Waals surface area contributed by atoms with Crippen LogP contribution in [0.15, 0.2) is 35.3 Å². The molecule has 0 aliphatic heterocycles. The number of hydrogen-bond donors (Lipinski definition) is 1. The molecule has 0 spiro atoms. The Labute approximate surface area is 99.3 Å². The van der Waals surface area contributed by atoms with Crippen LogP contribution in [0.4, 0.5) is 0 Å². The topological polar surface area (TPSA) is 35.2 Å². The summed E-state index contributed by atoms with van der Waals surface area (Å²) in [6.07, 6.45) is 3.69. The molecule has 0 saturated carbocycles. The van der Waals surface area contributed by atoms with Crippen molar-refractivity contribution in [1.29, 1.82) is 0 Å². The molecule has 0 radical (unpaired) electrons. The molecule has 0 heterocycles. The van der Waals surface area contributed by atoms with Gasteiger partial charge in [0.15, 0.2) is 0 Å². The zero-order chi connectivity index (χ0) is 11.3. The summed E-state index contributed by atoms with van der Waals surface area (Å²) in [5.41, 5.74) is 7.11. The maximum absolute atomic E-state index is 6.06. The summed E-state index contributed by atoms with van der Waals surface area (Å²) in [4.78, 5) is 0. The molecule has 0 aromatic heterocycles. The molecule has 0 aliphatic rings. The third-order valence-corrected chi connectivity index (χ3v) is 2.77. The first kappa shape index (κ1) is 12.3. The molecule has 1 atom stereocenters. The molecular weight excluding hydrogens is 254 g/mol. The summed E-state index contributed by atoms with van der Waals surface area (Å²) in [6, 6.07) is 5.91. The fraction of sp³-hybridized carbons (Fsp3) is 0.333. The molecular formula is C12H16BrNO. The molecule has 1 rings (SSSR count). The number of nitrogens with two attached hydrogens (primary N) is 1. The maximum Gasteiger partial charge on any atom is 0.124 e. The summed E-state index contributed by atoms with van der Waals surface area (Å²) in [6.45, 7) is 3.69. The quantitative estimate of drug-likeness (QED) is 0.832. The molecule has 0 fully saturated rings. The van der Waals surface area contributed by atoms with E-state index in [4.69, 9.17) is 10.5 Å². The average molecular weight is 270 g/mol. The fourth-order valence-corrected chi connectivity index (χ4v) is 1.78. The molecule has 15 heavy (non-hydrogen) atoms. The molecule has 1 aromatic rings. The van der Waals surface area contributed by atoms with Crippen molar-refractivity contribution < 1.29 is 4.74 Å². The Kier molecular flexibility index (Phi) is 4.85. The zero-order valence-corrected chi connectivity index (χ0v) is 10.5. The largest absolute Gasteiger partial charge is 0.496 e. The number of allylic oxidation sites excluding steroid dienone is 1. The van der Waals surface area contributed by atoms with Gasteiger partial charge in [-0.25, -0.2) is 0 Å². The van der Waals surface area contributed by atoms with Gasteiger partial charge in [-0.3, -0.25) is 0 Å². The Morgan fingerprint density at radius 1 is 1.60 bits per heavy atom. The van der Waals surface area contributed by atoms with Gasteiger partial charge in [0.05, 0.1) is 7.11 Å². The Hall–Kier alpha value is -0.800. The van der Waals surface area contributed by atoms with Crippen molar-refractivity contribution in [3.63, 3.8) is 0 Å². The van der Waals surface area contributed by atoms with Crippen molar-refractivity contribution in [3.8, 4) is 5.75 Å². The van der Waals surface area contributed by atoms with Crippen LogP contribution >= 0.6 is 15.9 Å². The first-order valence-corrected chi connectivity index (χ1v) is 5.68. The van der Waals surface area contributed by atoms with Crippen molar-refractivity contribution in [2.75, 3.05) is 7.11 Å². The predicted molar refractivity (Wildman–Crippen MR) is 67.1 cm³/mol. The normalized spacial score (nSPS) is 12.2. The minimum absolute atomic E-state index is 0.00560. The summed E-state index contributed by atoms with van der Waals surface area (Å²) >= 11 is 3.40. The highest BCUT2D eigenvalue weighted by Gasteiger charge is 2.11. The minimum Gasteiger partial charge on any atom is -0.496 e. The van der Waals surface area contributed by atoms with Crippen molar-refractivity contribution in [2.45, 2.75) is 18.9 Å². The summed E-state index contributed by atoms with van der Waals surface area (Å²) in [7, 11) is 1.66. The number of methoxy groups -OCH3 is 1. The highest BCUT2D eigenvalue weighted by molar-refractivity contribution is 9.10. The molecule has 2 N–H and O–H groups in total. The molecule has 82 valence electrons. The molecule has 3 heteroatoms. The van der Waals surface area contributed by atoms with Gasteiger partial charge in [-0.15, -0.1) is 6.58 Å². The summed E-state index contributed by atoms with van der Waals surface area (Å²) < 4.78 is 6.29. The van der Waals surface area contributed by atoms with Crippen molar-refractivity contribution >= 4 is 15.9 Å². The molecule has 2 nitrogen and oxygen atoms in total. The lowest BCUT2D eigenvalue weighted by Gasteiger charge is -2.15. The molecule has 0 saturated heterocycles. The van der Waals surface area contributed by atoms with Crippen molar-refractivity contribution in [1.82, 2.24) is 0 Å². The van der Waals surface area contributed by atoms with Crippen LogP contribution in [0.25, 0.3) is 0 Å². The lowest BCUT2D eigenvalue weighted by molar-refractivity contribution is 0.404. The highest BCUT2D eigenvalue weighted by Crippen LogP contribution is 2.29. The van der Waals surface area contributed by atoms with Gasteiger partial charge in [-0.2, -0.15) is 0 Å². The maximum atomic E-state index is 6.06. The predicted octanol–water partition coefficient (Wildman–Crippen LogP) is 3.42. The number of ether oxygens (including phenoxy) is 1. The van der Waals surface area contributed by atoms with E-state index in [1.807, 2.05) is 24.3 Å². The molecule has 0 bridgehead atoms. The second kappa shape index (κ2) is 5.93. The van der Waals surface area contributed by atoms with Crippen LogP contribution < -0.4 is 10.5 Å². The number of benzene rings is 1. The molecule has 1 unspecified atom stereocenters. The molecule has 0 amide bonds. The van der Waals surface area contributed by atoms with Gasteiger partial charge < -0.3 is 10.5 Å². The standard InChI is InChI=1S/C12H16BrNO/c1-3-4-5-11(14)10-7-6-9(13)8-12(10)15-2/h3,6-8,11H,1,4-5,14H2,2H3. The van der Waals surface area contributed by atoms with Gasteiger partial charge in [0, 0.05) is 16.1 Å². The fourth-order valence-electron chi connectivity index (χ4n) is 1.44. The smallest absolute Gasteiger partial charge is 0.124 e.